The van der Waals surface area contributed by atoms with Crippen molar-refractivity contribution in [1.29, 1.82) is 0 Å². The highest BCUT2D eigenvalue weighted by atomic mass is 16.5. The maximum Gasteiger partial charge on any atom is 0.303 e. The van der Waals surface area contributed by atoms with Gasteiger partial charge in [0.25, 0.3) is 0 Å². The Morgan fingerprint density at radius 1 is 0.793 bits per heavy atom. The van der Waals surface area contributed by atoms with Gasteiger partial charge >= 0.3 is 5.97 Å². The first-order valence-electron chi connectivity index (χ1n) is 9.82. The summed E-state index contributed by atoms with van der Waals surface area (Å²) < 4.78 is 5.85. The molecule has 0 fully saturated rings. The quantitative estimate of drug-likeness (QED) is 0.535. The van der Waals surface area contributed by atoms with Crippen molar-refractivity contribution in [3.63, 3.8) is 0 Å². The SMILES string of the molecule is CN(Cc1ccccc1)Cc1ccc(COc2ccc(CCC(=O)O)cc2)cc1. The molecule has 0 aliphatic heterocycles. The fourth-order valence-corrected chi connectivity index (χ4v) is 3.17. The van der Waals surface area contributed by atoms with E-state index in [9.17, 15) is 4.79 Å². The Balaban J connectivity index is 1.46. The van der Waals surface area contributed by atoms with Crippen LogP contribution in [0.4, 0.5) is 0 Å². The zero-order chi connectivity index (χ0) is 20.5. The Bertz CT molecular complexity index is 890. The van der Waals surface area contributed by atoms with Gasteiger partial charge < -0.3 is 9.84 Å². The molecular formula is C25H27NO3. The minimum Gasteiger partial charge on any atom is -0.489 e. The first-order valence-corrected chi connectivity index (χ1v) is 9.82. The number of aliphatic carboxylic acids is 1. The summed E-state index contributed by atoms with van der Waals surface area (Å²) in [5, 5.41) is 8.75. The van der Waals surface area contributed by atoms with Gasteiger partial charge in [-0.05, 0) is 47.9 Å². The molecule has 0 atom stereocenters. The Kier molecular flexibility index (Phi) is 7.42. The molecule has 0 aliphatic rings. The lowest BCUT2D eigenvalue weighted by molar-refractivity contribution is -0.136. The largest absolute Gasteiger partial charge is 0.489 e. The van der Waals surface area contributed by atoms with E-state index < -0.39 is 5.97 Å². The van der Waals surface area contributed by atoms with Crippen LogP contribution in [0.2, 0.25) is 0 Å². The predicted octanol–water partition coefficient (Wildman–Crippen LogP) is 4.91. The second kappa shape index (κ2) is 10.4. The zero-order valence-corrected chi connectivity index (χ0v) is 16.8. The highest BCUT2D eigenvalue weighted by molar-refractivity contribution is 5.67. The van der Waals surface area contributed by atoms with Crippen LogP contribution in [0.3, 0.4) is 0 Å². The van der Waals surface area contributed by atoms with E-state index in [0.717, 1.165) is 30.0 Å². The summed E-state index contributed by atoms with van der Waals surface area (Å²) in [6, 6.07) is 26.6. The van der Waals surface area contributed by atoms with Crippen LogP contribution in [-0.2, 0) is 30.9 Å². The monoisotopic (exact) mass is 389 g/mol. The van der Waals surface area contributed by atoms with Gasteiger partial charge in [-0.1, -0.05) is 66.7 Å². The van der Waals surface area contributed by atoms with Crippen molar-refractivity contribution >= 4 is 5.97 Å². The highest BCUT2D eigenvalue weighted by Gasteiger charge is 2.03. The molecule has 0 saturated carbocycles. The van der Waals surface area contributed by atoms with Gasteiger partial charge in [0.15, 0.2) is 0 Å². The lowest BCUT2D eigenvalue weighted by Gasteiger charge is -2.17. The lowest BCUT2D eigenvalue weighted by Crippen LogP contribution is -2.17. The third kappa shape index (κ3) is 7.09. The summed E-state index contributed by atoms with van der Waals surface area (Å²) in [5.74, 6) is 0.00998. The number of ether oxygens (including phenoxy) is 1. The minimum atomic E-state index is -0.778. The second-order valence-corrected chi connectivity index (χ2v) is 7.30. The second-order valence-electron chi connectivity index (χ2n) is 7.30. The molecule has 3 aromatic rings. The maximum absolute atomic E-state index is 10.6. The summed E-state index contributed by atoms with van der Waals surface area (Å²) >= 11 is 0. The summed E-state index contributed by atoms with van der Waals surface area (Å²) in [4.78, 5) is 12.9. The van der Waals surface area contributed by atoms with Gasteiger partial charge in [-0.25, -0.2) is 0 Å². The van der Waals surface area contributed by atoms with Crippen molar-refractivity contribution in [2.75, 3.05) is 7.05 Å². The van der Waals surface area contributed by atoms with E-state index in [1.807, 2.05) is 30.3 Å². The first kappa shape index (κ1) is 20.6. The molecule has 0 saturated heterocycles. The standard InChI is InChI=1S/C25H27NO3/c1-26(17-21-5-3-2-4-6-21)18-22-7-9-23(10-8-22)19-29-24-14-11-20(12-15-24)13-16-25(27)28/h2-12,14-15H,13,16-19H2,1H3,(H,27,28). The van der Waals surface area contributed by atoms with E-state index in [1.165, 1.54) is 11.1 Å². The molecule has 29 heavy (non-hydrogen) atoms. The van der Waals surface area contributed by atoms with Crippen LogP contribution in [0.1, 0.15) is 28.7 Å². The summed E-state index contributed by atoms with van der Waals surface area (Å²) in [7, 11) is 2.13. The number of aryl methyl sites for hydroxylation is 1. The molecule has 0 heterocycles. The average Bonchev–Trinajstić information content (AvgIpc) is 2.73. The topological polar surface area (TPSA) is 49.8 Å². The summed E-state index contributed by atoms with van der Waals surface area (Å²) in [6.45, 7) is 2.33. The van der Waals surface area contributed by atoms with E-state index in [2.05, 4.69) is 60.5 Å². The van der Waals surface area contributed by atoms with Crippen LogP contribution in [-0.4, -0.2) is 23.0 Å². The van der Waals surface area contributed by atoms with E-state index in [4.69, 9.17) is 9.84 Å². The number of hydrogen-bond acceptors (Lipinski definition) is 3. The van der Waals surface area contributed by atoms with E-state index in [-0.39, 0.29) is 6.42 Å². The molecule has 150 valence electrons. The van der Waals surface area contributed by atoms with Crippen LogP contribution in [0.5, 0.6) is 5.75 Å². The molecule has 3 rings (SSSR count). The molecule has 0 aliphatic carbocycles. The smallest absolute Gasteiger partial charge is 0.303 e. The van der Waals surface area contributed by atoms with Crippen molar-refractivity contribution in [1.82, 2.24) is 4.90 Å². The zero-order valence-electron chi connectivity index (χ0n) is 16.8. The molecular weight excluding hydrogens is 362 g/mol. The van der Waals surface area contributed by atoms with Gasteiger partial charge in [-0.15, -0.1) is 0 Å². The molecule has 0 amide bonds. The molecule has 4 nitrogen and oxygen atoms in total. The Hall–Kier alpha value is -3.11. The number of rotatable bonds is 10. The van der Waals surface area contributed by atoms with Crippen molar-refractivity contribution in [2.24, 2.45) is 0 Å². The van der Waals surface area contributed by atoms with E-state index in [0.29, 0.717) is 13.0 Å². The van der Waals surface area contributed by atoms with Crippen molar-refractivity contribution in [3.8, 4) is 5.75 Å². The van der Waals surface area contributed by atoms with Crippen LogP contribution in [0.15, 0.2) is 78.9 Å². The molecule has 0 aromatic heterocycles. The van der Waals surface area contributed by atoms with E-state index >= 15 is 0 Å². The summed E-state index contributed by atoms with van der Waals surface area (Å²) in [6.07, 6.45) is 0.683. The van der Waals surface area contributed by atoms with Crippen molar-refractivity contribution in [2.45, 2.75) is 32.5 Å². The van der Waals surface area contributed by atoms with Crippen LogP contribution in [0.25, 0.3) is 0 Å². The Labute approximate surface area is 172 Å². The Morgan fingerprint density at radius 2 is 1.34 bits per heavy atom. The Morgan fingerprint density at radius 3 is 1.97 bits per heavy atom. The number of benzene rings is 3. The molecule has 0 spiro atoms. The molecule has 0 bridgehead atoms. The average molecular weight is 389 g/mol. The van der Waals surface area contributed by atoms with Crippen LogP contribution >= 0.6 is 0 Å². The lowest BCUT2D eigenvalue weighted by atomic mass is 10.1. The van der Waals surface area contributed by atoms with Gasteiger partial charge in [0, 0.05) is 19.5 Å². The van der Waals surface area contributed by atoms with Crippen LogP contribution < -0.4 is 4.74 Å². The predicted molar refractivity (Wildman–Crippen MR) is 115 cm³/mol. The molecule has 4 heteroatoms. The number of hydrogen-bond donors (Lipinski definition) is 1. The fourth-order valence-electron chi connectivity index (χ4n) is 3.17. The minimum absolute atomic E-state index is 0.146. The van der Waals surface area contributed by atoms with E-state index in [1.54, 1.807) is 0 Å². The van der Waals surface area contributed by atoms with Crippen LogP contribution in [0, 0.1) is 0 Å². The van der Waals surface area contributed by atoms with Crippen molar-refractivity contribution < 1.29 is 14.6 Å². The number of carboxylic acids is 1. The third-order valence-corrected chi connectivity index (χ3v) is 4.73. The third-order valence-electron chi connectivity index (χ3n) is 4.73. The molecule has 0 unspecified atom stereocenters. The molecule has 3 aromatic carbocycles. The highest BCUT2D eigenvalue weighted by Crippen LogP contribution is 2.16. The number of nitrogens with zero attached hydrogens (tertiary/aromatic N) is 1. The number of carboxylic acid groups (broad SMARTS) is 1. The molecule has 0 radical (unpaired) electrons. The molecule has 1 N–H and O–H groups in total. The first-order chi connectivity index (χ1) is 14.1. The van der Waals surface area contributed by atoms with Gasteiger partial charge in [0.1, 0.15) is 12.4 Å². The normalized spacial score (nSPS) is 10.8. The summed E-state index contributed by atoms with van der Waals surface area (Å²) in [5.41, 5.74) is 4.71. The van der Waals surface area contributed by atoms with Gasteiger partial charge in [0.2, 0.25) is 0 Å². The fraction of sp³-hybridized carbons (Fsp3) is 0.240. The van der Waals surface area contributed by atoms with Gasteiger partial charge in [0.05, 0.1) is 0 Å². The number of carbonyl (C=O) groups is 1. The maximum atomic E-state index is 10.6. The van der Waals surface area contributed by atoms with Gasteiger partial charge in [-0.3, -0.25) is 9.69 Å². The van der Waals surface area contributed by atoms with Gasteiger partial charge in [-0.2, -0.15) is 0 Å². The van der Waals surface area contributed by atoms with Crippen molar-refractivity contribution in [3.05, 3.63) is 101 Å².